The largest absolute Gasteiger partial charge is 0.497 e. The first-order valence-electron chi connectivity index (χ1n) is 4.94. The molecule has 1 rings (SSSR count). The van der Waals surface area contributed by atoms with E-state index in [0.717, 1.165) is 0 Å². The van der Waals surface area contributed by atoms with E-state index < -0.39 is 0 Å². The van der Waals surface area contributed by atoms with Gasteiger partial charge in [-0.25, -0.2) is 0 Å². The molecule has 0 amide bonds. The predicted octanol–water partition coefficient (Wildman–Crippen LogP) is 2.19. The summed E-state index contributed by atoms with van der Waals surface area (Å²) in [4.78, 5) is 11.7. The molecule has 84 valence electrons. The van der Waals surface area contributed by atoms with E-state index in [9.17, 15) is 4.79 Å². The van der Waals surface area contributed by atoms with Gasteiger partial charge >= 0.3 is 0 Å². The Bertz CT molecular complexity index is 421. The Balaban J connectivity index is 3.10. The van der Waals surface area contributed by atoms with E-state index in [1.807, 2.05) is 13.0 Å². The van der Waals surface area contributed by atoms with Gasteiger partial charge < -0.3 is 9.47 Å². The van der Waals surface area contributed by atoms with Gasteiger partial charge in [0.05, 0.1) is 31.8 Å². The lowest BCUT2D eigenvalue weighted by molar-refractivity contribution is 0.0993. The molecule has 0 heterocycles. The fourth-order valence-electron chi connectivity index (χ4n) is 1.30. The highest BCUT2D eigenvalue weighted by Crippen LogP contribution is 2.25. The van der Waals surface area contributed by atoms with E-state index >= 15 is 0 Å². The van der Waals surface area contributed by atoms with E-state index in [2.05, 4.69) is 0 Å². The van der Waals surface area contributed by atoms with Crippen LogP contribution < -0.4 is 9.47 Å². The lowest BCUT2D eigenvalue weighted by atomic mass is 10.1. The third-order valence-corrected chi connectivity index (χ3v) is 2.03. The molecule has 0 bridgehead atoms. The smallest absolute Gasteiger partial charge is 0.180 e. The van der Waals surface area contributed by atoms with Gasteiger partial charge in [0.2, 0.25) is 0 Å². The number of nitriles is 1. The predicted molar refractivity (Wildman–Crippen MR) is 58.7 cm³/mol. The Morgan fingerprint density at radius 1 is 1.50 bits per heavy atom. The van der Waals surface area contributed by atoms with Crippen LogP contribution >= 0.6 is 0 Å². The van der Waals surface area contributed by atoms with Crippen LogP contribution in [0.4, 0.5) is 0 Å². The summed E-state index contributed by atoms with van der Waals surface area (Å²) in [5, 5.41) is 8.50. The number of hydrogen-bond donors (Lipinski definition) is 0. The molecule has 1 aromatic rings. The average Bonchev–Trinajstić information content (AvgIpc) is 2.30. The minimum absolute atomic E-state index is 0.159. The standard InChI is InChI=1S/C12H13NO3/c1-3-16-12-5-4-9(15-2)8-10(12)11(14)6-7-13/h4-5,8H,3,6H2,1-2H3. The van der Waals surface area contributed by atoms with E-state index in [0.29, 0.717) is 23.7 Å². The summed E-state index contributed by atoms with van der Waals surface area (Å²) in [6.07, 6.45) is -0.159. The molecule has 0 radical (unpaired) electrons. The Hall–Kier alpha value is -2.02. The number of rotatable bonds is 5. The molecule has 0 unspecified atom stereocenters. The van der Waals surface area contributed by atoms with Crippen LogP contribution in [0.2, 0.25) is 0 Å². The molecule has 1 aromatic carbocycles. The van der Waals surface area contributed by atoms with Crippen LogP contribution in [-0.2, 0) is 0 Å². The minimum Gasteiger partial charge on any atom is -0.497 e. The summed E-state index contributed by atoms with van der Waals surface area (Å²) in [7, 11) is 1.52. The Morgan fingerprint density at radius 3 is 2.81 bits per heavy atom. The number of nitrogens with zero attached hydrogens (tertiary/aromatic N) is 1. The van der Waals surface area contributed by atoms with Crippen molar-refractivity contribution >= 4 is 5.78 Å². The number of carbonyl (C=O) groups excluding carboxylic acids is 1. The first-order valence-corrected chi connectivity index (χ1v) is 4.94. The molecule has 0 aliphatic carbocycles. The summed E-state index contributed by atoms with van der Waals surface area (Å²) >= 11 is 0. The zero-order valence-corrected chi connectivity index (χ0v) is 9.32. The fourth-order valence-corrected chi connectivity index (χ4v) is 1.30. The van der Waals surface area contributed by atoms with Crippen molar-refractivity contribution in [3.8, 4) is 17.6 Å². The molecule has 0 aliphatic rings. The number of hydrogen-bond acceptors (Lipinski definition) is 4. The fraction of sp³-hybridized carbons (Fsp3) is 0.333. The van der Waals surface area contributed by atoms with Crippen molar-refractivity contribution < 1.29 is 14.3 Å². The number of Topliss-reactive ketones (excluding diaryl/α,β-unsaturated/α-hetero) is 1. The maximum absolute atomic E-state index is 11.7. The highest BCUT2D eigenvalue weighted by atomic mass is 16.5. The number of ether oxygens (including phenoxy) is 2. The summed E-state index contributed by atoms with van der Waals surface area (Å²) < 4.78 is 10.3. The first-order chi connectivity index (χ1) is 7.72. The average molecular weight is 219 g/mol. The van der Waals surface area contributed by atoms with Crippen molar-refractivity contribution in [2.45, 2.75) is 13.3 Å². The van der Waals surface area contributed by atoms with Crippen LogP contribution in [0.25, 0.3) is 0 Å². The van der Waals surface area contributed by atoms with Crippen LogP contribution in [0.1, 0.15) is 23.7 Å². The van der Waals surface area contributed by atoms with Crippen molar-refractivity contribution in [1.82, 2.24) is 0 Å². The van der Waals surface area contributed by atoms with Crippen molar-refractivity contribution in [2.75, 3.05) is 13.7 Å². The van der Waals surface area contributed by atoms with Crippen molar-refractivity contribution in [3.63, 3.8) is 0 Å². The van der Waals surface area contributed by atoms with E-state index in [1.165, 1.54) is 7.11 Å². The highest BCUT2D eigenvalue weighted by Gasteiger charge is 2.13. The number of benzene rings is 1. The van der Waals surface area contributed by atoms with Gasteiger partial charge in [0.25, 0.3) is 0 Å². The van der Waals surface area contributed by atoms with Crippen molar-refractivity contribution in [3.05, 3.63) is 23.8 Å². The van der Waals surface area contributed by atoms with Gasteiger partial charge in [-0.15, -0.1) is 0 Å². The second-order valence-corrected chi connectivity index (χ2v) is 3.05. The zero-order valence-electron chi connectivity index (χ0n) is 9.32. The molecule has 0 aromatic heterocycles. The van der Waals surface area contributed by atoms with Gasteiger partial charge in [0.15, 0.2) is 5.78 Å². The van der Waals surface area contributed by atoms with Gasteiger partial charge in [-0.2, -0.15) is 5.26 Å². The lowest BCUT2D eigenvalue weighted by Crippen LogP contribution is -2.03. The molecular formula is C12H13NO3. The van der Waals surface area contributed by atoms with Gasteiger partial charge in [-0.3, -0.25) is 4.79 Å². The first kappa shape index (κ1) is 12.1. The topological polar surface area (TPSA) is 59.3 Å². The van der Waals surface area contributed by atoms with Gasteiger partial charge in [0, 0.05) is 0 Å². The highest BCUT2D eigenvalue weighted by molar-refractivity contribution is 6.00. The molecule has 0 saturated heterocycles. The molecule has 0 fully saturated rings. The maximum atomic E-state index is 11.7. The second-order valence-electron chi connectivity index (χ2n) is 3.05. The third kappa shape index (κ3) is 2.74. The molecule has 4 heteroatoms. The zero-order chi connectivity index (χ0) is 12.0. The van der Waals surface area contributed by atoms with Gasteiger partial charge in [-0.05, 0) is 25.1 Å². The molecular weight excluding hydrogens is 206 g/mol. The molecule has 0 saturated carbocycles. The van der Waals surface area contributed by atoms with E-state index in [4.69, 9.17) is 14.7 Å². The van der Waals surface area contributed by atoms with Crippen molar-refractivity contribution in [2.24, 2.45) is 0 Å². The Morgan fingerprint density at radius 2 is 2.25 bits per heavy atom. The second kappa shape index (κ2) is 5.76. The molecule has 4 nitrogen and oxygen atoms in total. The quantitative estimate of drug-likeness (QED) is 0.712. The lowest BCUT2D eigenvalue weighted by Gasteiger charge is -2.09. The number of carbonyl (C=O) groups is 1. The molecule has 0 N–H and O–H groups in total. The normalized spacial score (nSPS) is 9.31. The molecule has 0 atom stereocenters. The van der Waals surface area contributed by atoms with Gasteiger partial charge in [-0.1, -0.05) is 0 Å². The van der Waals surface area contributed by atoms with Crippen molar-refractivity contribution in [1.29, 1.82) is 5.26 Å². The van der Waals surface area contributed by atoms with Crippen LogP contribution in [0, 0.1) is 11.3 Å². The van der Waals surface area contributed by atoms with Crippen LogP contribution in [0.15, 0.2) is 18.2 Å². The molecule has 0 spiro atoms. The number of ketones is 1. The molecule has 16 heavy (non-hydrogen) atoms. The van der Waals surface area contributed by atoms with Crippen LogP contribution in [-0.4, -0.2) is 19.5 Å². The summed E-state index contributed by atoms with van der Waals surface area (Å²) in [5.74, 6) is 0.804. The van der Waals surface area contributed by atoms with E-state index in [-0.39, 0.29) is 12.2 Å². The molecule has 0 aliphatic heterocycles. The summed E-state index contributed by atoms with van der Waals surface area (Å²) in [6.45, 7) is 2.31. The monoisotopic (exact) mass is 219 g/mol. The number of methoxy groups -OCH3 is 1. The maximum Gasteiger partial charge on any atom is 0.180 e. The van der Waals surface area contributed by atoms with Crippen LogP contribution in [0.3, 0.4) is 0 Å². The Labute approximate surface area is 94.4 Å². The SMILES string of the molecule is CCOc1ccc(OC)cc1C(=O)CC#N. The Kier molecular flexibility index (Phi) is 4.34. The van der Waals surface area contributed by atoms with Gasteiger partial charge in [0.1, 0.15) is 11.5 Å². The minimum atomic E-state index is -0.259. The third-order valence-electron chi connectivity index (χ3n) is 2.03. The summed E-state index contributed by atoms with van der Waals surface area (Å²) in [6, 6.07) is 6.80. The van der Waals surface area contributed by atoms with E-state index in [1.54, 1.807) is 18.2 Å². The summed E-state index contributed by atoms with van der Waals surface area (Å²) in [5.41, 5.74) is 0.391. The van der Waals surface area contributed by atoms with Crippen LogP contribution in [0.5, 0.6) is 11.5 Å².